The summed E-state index contributed by atoms with van der Waals surface area (Å²) >= 11 is 0. The predicted molar refractivity (Wildman–Crippen MR) is 246 cm³/mol. The van der Waals surface area contributed by atoms with Crippen LogP contribution in [0.25, 0.3) is 51.3 Å². The number of aryl methyl sites for hydroxylation is 2. The van der Waals surface area contributed by atoms with Crippen LogP contribution in [0.1, 0.15) is 75.6 Å². The summed E-state index contributed by atoms with van der Waals surface area (Å²) in [7, 11) is 0. The van der Waals surface area contributed by atoms with E-state index in [0.29, 0.717) is 0 Å². The van der Waals surface area contributed by atoms with E-state index in [2.05, 4.69) is 199 Å². The van der Waals surface area contributed by atoms with Gasteiger partial charge in [0.15, 0.2) is 0 Å². The van der Waals surface area contributed by atoms with E-state index in [1.165, 1.54) is 72.0 Å². The summed E-state index contributed by atoms with van der Waals surface area (Å²) in [6, 6.07) is 59.1. The zero-order chi connectivity index (χ0) is 38.9. The largest absolute Gasteiger partial charge is 0.464 e. The average molecular weight is 758 g/mol. The molecule has 4 aliphatic carbocycles. The van der Waals surface area contributed by atoms with Crippen molar-refractivity contribution in [3.63, 3.8) is 0 Å². The maximum Gasteiger partial charge on any atom is 0.116 e. The van der Waals surface area contributed by atoms with Crippen molar-refractivity contribution in [1.82, 2.24) is 0 Å². The van der Waals surface area contributed by atoms with Crippen LogP contribution in [0.5, 0.6) is 0 Å². The van der Waals surface area contributed by atoms with Crippen molar-refractivity contribution in [1.29, 1.82) is 0 Å². The third-order valence-corrected chi connectivity index (χ3v) is 13.4. The molecule has 1 heterocycles. The number of fused-ring (bicyclic) bond motifs is 8. The van der Waals surface area contributed by atoms with Gasteiger partial charge in [-0.2, -0.15) is 0 Å². The number of allylic oxidation sites excluding steroid dienone is 3. The predicted octanol–water partition coefficient (Wildman–Crippen LogP) is 15.0. The second kappa shape index (κ2) is 13.6. The molecular weight excluding hydrogens is 715 g/mol. The molecule has 282 valence electrons. The van der Waals surface area contributed by atoms with Crippen molar-refractivity contribution in [2.24, 2.45) is 0 Å². The summed E-state index contributed by atoms with van der Waals surface area (Å²) in [5.41, 5.74) is 17.3. The first kappa shape index (κ1) is 34.2. The third-order valence-electron chi connectivity index (χ3n) is 13.4. The SMILES string of the molecule is C1=Cc2cc(-c3ccc(N(c4ccccc4)c4ccc(C5(C6CC=Cc7c6oc6c7C=CCC6)c6ccccc6-c6cc7ccccc7cc65)cc4)cc3)ccc2CC1. The molecule has 0 saturated carbocycles. The molecule has 4 aliphatic rings. The van der Waals surface area contributed by atoms with Gasteiger partial charge < -0.3 is 9.32 Å². The lowest BCUT2D eigenvalue weighted by molar-refractivity contribution is 0.372. The van der Waals surface area contributed by atoms with E-state index in [1.54, 1.807) is 0 Å². The molecule has 0 saturated heterocycles. The molecule has 0 radical (unpaired) electrons. The maximum absolute atomic E-state index is 7.05. The minimum atomic E-state index is -0.485. The van der Waals surface area contributed by atoms with Crippen LogP contribution >= 0.6 is 0 Å². The lowest BCUT2D eigenvalue weighted by Crippen LogP contribution is -2.35. The molecule has 0 aliphatic heterocycles. The van der Waals surface area contributed by atoms with Gasteiger partial charge in [0.2, 0.25) is 0 Å². The number of hydrogen-bond acceptors (Lipinski definition) is 2. The highest BCUT2D eigenvalue weighted by Crippen LogP contribution is 2.62. The van der Waals surface area contributed by atoms with E-state index in [1.807, 2.05) is 0 Å². The average Bonchev–Trinajstić information content (AvgIpc) is 3.83. The van der Waals surface area contributed by atoms with Crippen LogP contribution in [-0.2, 0) is 18.3 Å². The Balaban J connectivity index is 1.02. The number of benzene rings is 7. The van der Waals surface area contributed by atoms with Crippen LogP contribution in [0.4, 0.5) is 17.1 Å². The van der Waals surface area contributed by atoms with Crippen molar-refractivity contribution in [3.8, 4) is 22.3 Å². The van der Waals surface area contributed by atoms with Gasteiger partial charge in [0.05, 0.1) is 5.41 Å². The zero-order valence-corrected chi connectivity index (χ0v) is 32.9. The van der Waals surface area contributed by atoms with Gasteiger partial charge in [0.1, 0.15) is 11.5 Å². The van der Waals surface area contributed by atoms with E-state index in [-0.39, 0.29) is 5.92 Å². The molecule has 0 amide bonds. The fourth-order valence-corrected chi connectivity index (χ4v) is 10.7. The number of hydrogen-bond donors (Lipinski definition) is 0. The summed E-state index contributed by atoms with van der Waals surface area (Å²) in [6.07, 6.45) is 18.9. The van der Waals surface area contributed by atoms with Crippen molar-refractivity contribution in [3.05, 3.63) is 226 Å². The molecule has 8 aromatic rings. The summed E-state index contributed by atoms with van der Waals surface area (Å²) in [5.74, 6) is 2.30. The molecule has 2 unspecified atom stereocenters. The first-order valence-corrected chi connectivity index (χ1v) is 21.2. The van der Waals surface area contributed by atoms with Gasteiger partial charge in [-0.3, -0.25) is 0 Å². The van der Waals surface area contributed by atoms with Crippen molar-refractivity contribution >= 4 is 46.1 Å². The normalized spacial score (nSPS) is 18.2. The van der Waals surface area contributed by atoms with Crippen LogP contribution < -0.4 is 4.90 Å². The van der Waals surface area contributed by atoms with E-state index in [9.17, 15) is 0 Å². The summed E-state index contributed by atoms with van der Waals surface area (Å²) in [6.45, 7) is 0. The lowest BCUT2D eigenvalue weighted by Gasteiger charge is -2.41. The number of furan rings is 1. The fraction of sp³-hybridized carbons (Fsp3) is 0.123. The monoisotopic (exact) mass is 757 g/mol. The molecular formula is C57H43NO. The Hall–Kier alpha value is -6.90. The highest BCUT2D eigenvalue weighted by molar-refractivity contribution is 5.95. The summed E-state index contributed by atoms with van der Waals surface area (Å²) in [4.78, 5) is 2.38. The van der Waals surface area contributed by atoms with Gasteiger partial charge in [-0.25, -0.2) is 0 Å². The van der Waals surface area contributed by atoms with Crippen LogP contribution in [0, 0.1) is 0 Å². The van der Waals surface area contributed by atoms with E-state index in [0.717, 1.165) is 60.7 Å². The van der Waals surface area contributed by atoms with Crippen LogP contribution in [0.15, 0.2) is 180 Å². The molecule has 0 fully saturated rings. The summed E-state index contributed by atoms with van der Waals surface area (Å²) in [5, 5.41) is 2.53. The highest BCUT2D eigenvalue weighted by atomic mass is 16.3. The molecule has 2 atom stereocenters. The molecule has 2 heteroatoms. The second-order valence-electron chi connectivity index (χ2n) is 16.6. The van der Waals surface area contributed by atoms with Crippen molar-refractivity contribution < 1.29 is 4.42 Å². The van der Waals surface area contributed by atoms with Gasteiger partial charge in [-0.05, 0) is 141 Å². The fourth-order valence-electron chi connectivity index (χ4n) is 10.7. The molecule has 59 heavy (non-hydrogen) atoms. The van der Waals surface area contributed by atoms with Crippen molar-refractivity contribution in [2.45, 2.75) is 43.4 Å². The number of para-hydroxylation sites is 1. The van der Waals surface area contributed by atoms with E-state index in [4.69, 9.17) is 4.42 Å². The Morgan fingerprint density at radius 2 is 1.19 bits per heavy atom. The van der Waals surface area contributed by atoms with Gasteiger partial charge >= 0.3 is 0 Å². The maximum atomic E-state index is 7.05. The Morgan fingerprint density at radius 1 is 0.508 bits per heavy atom. The molecule has 1 aromatic heterocycles. The van der Waals surface area contributed by atoms with Crippen molar-refractivity contribution in [2.75, 3.05) is 4.90 Å². The smallest absolute Gasteiger partial charge is 0.116 e. The van der Waals surface area contributed by atoms with Crippen LogP contribution in [0.3, 0.4) is 0 Å². The second-order valence-corrected chi connectivity index (χ2v) is 16.6. The lowest BCUT2D eigenvalue weighted by atomic mass is 9.61. The Labute approximate surface area is 346 Å². The topological polar surface area (TPSA) is 16.4 Å². The Morgan fingerprint density at radius 3 is 2.03 bits per heavy atom. The molecule has 2 nitrogen and oxygen atoms in total. The minimum Gasteiger partial charge on any atom is -0.464 e. The van der Waals surface area contributed by atoms with Crippen LogP contribution in [0.2, 0.25) is 0 Å². The van der Waals surface area contributed by atoms with Gasteiger partial charge in [0, 0.05) is 40.5 Å². The van der Waals surface area contributed by atoms with Crippen LogP contribution in [-0.4, -0.2) is 0 Å². The standard InChI is InChI=1S/C57H43NO/c1-2-17-45(18-3-1)58(46-31-27-39(28-32-46)43-26-25-38-13-4-5-14-40(38)35-43)47-33-29-44(30-34-47)57(53-23-12-21-50-49-20-9-11-24-55(49)59-56(50)53)52-22-10-8-19-48(52)51-36-41-15-6-7-16-42(41)37-54(51)57/h1-3,5-10,12,14-22,25-37,53H,4,11,13,23-24H2. The first-order chi connectivity index (χ1) is 29.2. The number of nitrogens with zero attached hydrogens (tertiary/aromatic N) is 1. The van der Waals surface area contributed by atoms with Gasteiger partial charge in [-0.15, -0.1) is 0 Å². The number of anilines is 3. The molecule has 7 aromatic carbocycles. The minimum absolute atomic E-state index is 0.0627. The third kappa shape index (κ3) is 5.33. The Bertz CT molecular complexity index is 3020. The first-order valence-electron chi connectivity index (χ1n) is 21.2. The Kier molecular flexibility index (Phi) is 7.88. The summed E-state index contributed by atoms with van der Waals surface area (Å²) < 4.78 is 7.05. The molecule has 0 spiro atoms. The molecule has 0 bridgehead atoms. The zero-order valence-electron chi connectivity index (χ0n) is 32.9. The molecule has 0 N–H and O–H groups in total. The van der Waals surface area contributed by atoms with Gasteiger partial charge in [0.25, 0.3) is 0 Å². The van der Waals surface area contributed by atoms with Gasteiger partial charge in [-0.1, -0.05) is 140 Å². The van der Waals surface area contributed by atoms with E-state index < -0.39 is 5.41 Å². The highest BCUT2D eigenvalue weighted by Gasteiger charge is 2.52. The quantitative estimate of drug-likeness (QED) is 0.168. The van der Waals surface area contributed by atoms with E-state index >= 15 is 0 Å². The number of rotatable bonds is 6. The molecule has 12 rings (SSSR count).